The molecule has 0 bridgehead atoms. The van der Waals surface area contributed by atoms with E-state index in [1.54, 1.807) is 11.0 Å². The Morgan fingerprint density at radius 2 is 1.75 bits per heavy atom. The molecular weight excluding hydrogens is 564 g/mol. The fraction of sp³-hybridized carbons (Fsp3) is 0.788. The minimum Gasteiger partial charge on any atom is -0.476 e. The van der Waals surface area contributed by atoms with E-state index in [9.17, 15) is 14.4 Å². The predicted octanol–water partition coefficient (Wildman–Crippen LogP) is 4.53. The standard InChI is InChI=1S/C33H48N4O7/c1-31(2,3)44-30(40)37-16-11-22(20-37)25-19-26(41-21-23-9-8-15-36(23)4)35-29(34-25)27(38)24-10-7-13-32(28(24)39)12-5-6-14-33(32)42-17-18-43-33/h19,22-24H,5-18,20-21H2,1-4H3/t22?,23-,24?,32-/m0/s1. The lowest BCUT2D eigenvalue weighted by molar-refractivity contribution is -0.255. The summed E-state index contributed by atoms with van der Waals surface area (Å²) in [5.41, 5.74) is -0.754. The molecule has 2 saturated carbocycles. The summed E-state index contributed by atoms with van der Waals surface area (Å²) in [6, 6.07) is 2.07. The monoisotopic (exact) mass is 612 g/mol. The number of rotatable bonds is 6. The summed E-state index contributed by atoms with van der Waals surface area (Å²) >= 11 is 0. The van der Waals surface area contributed by atoms with Crippen LogP contribution in [0.4, 0.5) is 4.79 Å². The second kappa shape index (κ2) is 12.3. The van der Waals surface area contributed by atoms with Gasteiger partial charge in [-0.15, -0.1) is 0 Å². The van der Waals surface area contributed by atoms with Crippen molar-refractivity contribution in [2.24, 2.45) is 11.3 Å². The third-order valence-electron chi connectivity index (χ3n) is 10.3. The van der Waals surface area contributed by atoms with Crippen molar-refractivity contribution in [3.8, 4) is 5.88 Å². The van der Waals surface area contributed by atoms with Gasteiger partial charge in [-0.1, -0.05) is 12.8 Å². The fourth-order valence-corrected chi connectivity index (χ4v) is 8.02. The molecule has 5 fully saturated rings. The summed E-state index contributed by atoms with van der Waals surface area (Å²) in [7, 11) is 2.09. The number of ketones is 2. The number of hydrogen-bond acceptors (Lipinski definition) is 10. The molecule has 4 heterocycles. The van der Waals surface area contributed by atoms with Crippen molar-refractivity contribution < 1.29 is 33.3 Å². The van der Waals surface area contributed by atoms with Gasteiger partial charge in [0, 0.05) is 37.5 Å². The molecule has 11 nitrogen and oxygen atoms in total. The normalized spacial score (nSPS) is 30.8. The zero-order valence-corrected chi connectivity index (χ0v) is 26.8. The quantitative estimate of drug-likeness (QED) is 0.335. The molecule has 242 valence electrons. The lowest BCUT2D eigenvalue weighted by Gasteiger charge is -2.51. The van der Waals surface area contributed by atoms with Crippen LogP contribution < -0.4 is 4.74 Å². The lowest BCUT2D eigenvalue weighted by Crippen LogP contribution is -2.60. The van der Waals surface area contributed by atoms with E-state index in [0.717, 1.165) is 38.6 Å². The molecular formula is C33H48N4O7. The van der Waals surface area contributed by atoms with Gasteiger partial charge in [0.05, 0.1) is 30.2 Å². The Kier molecular flexibility index (Phi) is 8.75. The zero-order chi connectivity index (χ0) is 31.1. The number of likely N-dealkylation sites (N-methyl/N-ethyl adjacent to an activating group) is 1. The Balaban J connectivity index is 1.26. The van der Waals surface area contributed by atoms with Crippen molar-refractivity contribution in [1.82, 2.24) is 19.8 Å². The summed E-state index contributed by atoms with van der Waals surface area (Å²) in [5, 5.41) is 0. The Morgan fingerprint density at radius 3 is 2.48 bits per heavy atom. The van der Waals surface area contributed by atoms with Crippen molar-refractivity contribution in [2.75, 3.05) is 46.5 Å². The molecule has 2 aliphatic carbocycles. The van der Waals surface area contributed by atoms with Gasteiger partial charge in [0.2, 0.25) is 11.7 Å². The van der Waals surface area contributed by atoms with Crippen LogP contribution in [0.3, 0.4) is 0 Å². The number of aromatic nitrogens is 2. The number of likely N-dealkylation sites (tertiary alicyclic amines) is 2. The summed E-state index contributed by atoms with van der Waals surface area (Å²) in [6.45, 7) is 8.92. The molecule has 1 aromatic heterocycles. The molecule has 0 radical (unpaired) electrons. The Bertz CT molecular complexity index is 1260. The van der Waals surface area contributed by atoms with Gasteiger partial charge in [0.15, 0.2) is 17.4 Å². The molecule has 2 unspecified atom stereocenters. The van der Waals surface area contributed by atoms with Crippen molar-refractivity contribution in [3.05, 3.63) is 17.6 Å². The van der Waals surface area contributed by atoms with Crippen LogP contribution in [-0.4, -0.2) is 101 Å². The molecule has 3 saturated heterocycles. The first-order valence-electron chi connectivity index (χ1n) is 16.6. The van der Waals surface area contributed by atoms with Crippen LogP contribution in [0.5, 0.6) is 5.88 Å². The van der Waals surface area contributed by atoms with Gasteiger partial charge >= 0.3 is 6.09 Å². The first-order valence-corrected chi connectivity index (χ1v) is 16.6. The Morgan fingerprint density at radius 1 is 1.00 bits per heavy atom. The van der Waals surface area contributed by atoms with E-state index in [1.807, 2.05) is 20.8 Å². The highest BCUT2D eigenvalue weighted by Gasteiger charge is 2.63. The third-order valence-corrected chi connectivity index (χ3v) is 10.3. The van der Waals surface area contributed by atoms with Crippen LogP contribution in [0.25, 0.3) is 0 Å². The van der Waals surface area contributed by atoms with Crippen molar-refractivity contribution in [2.45, 2.75) is 108 Å². The number of nitrogens with zero attached hydrogens (tertiary/aromatic N) is 4. The number of ether oxygens (including phenoxy) is 4. The van der Waals surface area contributed by atoms with Gasteiger partial charge < -0.3 is 28.7 Å². The van der Waals surface area contributed by atoms with Gasteiger partial charge in [-0.2, -0.15) is 4.98 Å². The van der Waals surface area contributed by atoms with Crippen LogP contribution in [-0.2, 0) is 19.0 Å². The summed E-state index contributed by atoms with van der Waals surface area (Å²) in [5.74, 6) is -1.98. The average Bonchev–Trinajstić information content (AvgIpc) is 3.76. The van der Waals surface area contributed by atoms with Gasteiger partial charge in [0.25, 0.3) is 0 Å². The van der Waals surface area contributed by atoms with E-state index in [-0.39, 0.29) is 35.4 Å². The predicted molar refractivity (Wildman–Crippen MR) is 161 cm³/mol. The first kappa shape index (κ1) is 31.4. The van der Waals surface area contributed by atoms with Crippen molar-refractivity contribution in [1.29, 1.82) is 0 Å². The second-order valence-corrected chi connectivity index (χ2v) is 14.4. The SMILES string of the molecule is CN1CCC[C@H]1COc1cc(C2CCN(C(=O)OC(C)(C)C)C2)nc(C(=O)C2CCC[C@@]3(CCCCC34OCCO4)C2=O)n1. The Hall–Kier alpha value is -2.63. The smallest absolute Gasteiger partial charge is 0.410 e. The number of amides is 1. The molecule has 1 aromatic rings. The van der Waals surface area contributed by atoms with E-state index in [4.69, 9.17) is 23.9 Å². The fourth-order valence-electron chi connectivity index (χ4n) is 8.02. The Labute approximate surface area is 260 Å². The lowest BCUT2D eigenvalue weighted by atomic mass is 9.57. The largest absolute Gasteiger partial charge is 0.476 e. The minimum atomic E-state index is -0.930. The van der Waals surface area contributed by atoms with Crippen LogP contribution >= 0.6 is 0 Å². The van der Waals surface area contributed by atoms with Crippen LogP contribution in [0.15, 0.2) is 6.07 Å². The first-order chi connectivity index (χ1) is 21.0. The number of hydrogen-bond donors (Lipinski definition) is 0. The third kappa shape index (κ3) is 5.99. The molecule has 0 N–H and O–H groups in total. The highest BCUT2D eigenvalue weighted by atomic mass is 16.7. The van der Waals surface area contributed by atoms with Crippen LogP contribution in [0.1, 0.15) is 107 Å². The summed E-state index contributed by atoms with van der Waals surface area (Å²) in [6.07, 6.45) is 7.54. The van der Waals surface area contributed by atoms with E-state index >= 15 is 0 Å². The molecule has 4 atom stereocenters. The van der Waals surface area contributed by atoms with E-state index in [1.165, 1.54) is 0 Å². The summed E-state index contributed by atoms with van der Waals surface area (Å²) in [4.78, 5) is 54.7. The molecule has 44 heavy (non-hydrogen) atoms. The molecule has 0 aromatic carbocycles. The van der Waals surface area contributed by atoms with Gasteiger partial charge in [-0.3, -0.25) is 9.59 Å². The topological polar surface area (TPSA) is 120 Å². The zero-order valence-electron chi connectivity index (χ0n) is 26.8. The van der Waals surface area contributed by atoms with Gasteiger partial charge in [-0.25, -0.2) is 9.78 Å². The number of carbonyl (C=O) groups excluding carboxylic acids is 3. The van der Waals surface area contributed by atoms with E-state index < -0.39 is 22.7 Å². The molecule has 5 aliphatic rings. The van der Waals surface area contributed by atoms with Gasteiger partial charge in [-0.05, 0) is 79.3 Å². The highest BCUT2D eigenvalue weighted by molar-refractivity contribution is 6.11. The van der Waals surface area contributed by atoms with E-state index in [0.29, 0.717) is 76.6 Å². The minimum absolute atomic E-state index is 0.0153. The summed E-state index contributed by atoms with van der Waals surface area (Å²) < 4.78 is 24.2. The maximum atomic E-state index is 14.3. The van der Waals surface area contributed by atoms with Gasteiger partial charge in [0.1, 0.15) is 12.2 Å². The number of Topliss-reactive ketones (excluding diaryl/α,β-unsaturated/α-hetero) is 2. The molecule has 6 rings (SSSR count). The molecule has 1 amide bonds. The molecule has 11 heteroatoms. The number of carbonyl (C=O) groups is 3. The van der Waals surface area contributed by atoms with Crippen LogP contribution in [0, 0.1) is 11.3 Å². The molecule has 2 spiro atoms. The van der Waals surface area contributed by atoms with Crippen molar-refractivity contribution in [3.63, 3.8) is 0 Å². The highest BCUT2D eigenvalue weighted by Crippen LogP contribution is 2.56. The second-order valence-electron chi connectivity index (χ2n) is 14.4. The van der Waals surface area contributed by atoms with Crippen LogP contribution in [0.2, 0.25) is 0 Å². The average molecular weight is 613 g/mol. The maximum Gasteiger partial charge on any atom is 0.410 e. The molecule has 3 aliphatic heterocycles. The number of fused-ring (bicyclic) bond motifs is 1. The van der Waals surface area contributed by atoms with Crippen molar-refractivity contribution >= 4 is 17.7 Å². The maximum absolute atomic E-state index is 14.3. The van der Waals surface area contributed by atoms with E-state index in [2.05, 4.69) is 16.9 Å².